The molecule has 10 heteroatoms. The molecule has 1 fully saturated rings. The summed E-state index contributed by atoms with van der Waals surface area (Å²) in [7, 11) is -3.04. The highest BCUT2D eigenvalue weighted by Gasteiger charge is 2.34. The third-order valence-electron chi connectivity index (χ3n) is 5.47. The Morgan fingerprint density at radius 2 is 2.03 bits per heavy atom. The Balaban J connectivity index is 1.66. The lowest BCUT2D eigenvalue weighted by Gasteiger charge is -2.26. The Bertz CT molecular complexity index is 993. The van der Waals surface area contributed by atoms with Crippen LogP contribution in [0.2, 0.25) is 0 Å². The molecular formula is C22H32N4O4S2. The van der Waals surface area contributed by atoms with Crippen molar-refractivity contribution in [2.45, 2.75) is 58.0 Å². The van der Waals surface area contributed by atoms with Crippen molar-refractivity contribution in [2.75, 3.05) is 23.8 Å². The molecule has 2 aromatic rings. The highest BCUT2D eigenvalue weighted by Crippen LogP contribution is 2.23. The number of aromatic nitrogens is 3. The molecular weight excluding hydrogens is 448 g/mol. The molecule has 1 aliphatic heterocycles. The molecule has 0 radical (unpaired) electrons. The summed E-state index contributed by atoms with van der Waals surface area (Å²) in [5, 5.41) is 9.31. The zero-order chi connectivity index (χ0) is 23.1. The van der Waals surface area contributed by atoms with Crippen molar-refractivity contribution in [1.82, 2.24) is 19.7 Å². The number of ether oxygens (including phenoxy) is 1. The summed E-state index contributed by atoms with van der Waals surface area (Å²) >= 11 is 1.34. The van der Waals surface area contributed by atoms with Crippen LogP contribution in [0.4, 0.5) is 0 Å². The van der Waals surface area contributed by atoms with E-state index in [0.29, 0.717) is 30.6 Å². The van der Waals surface area contributed by atoms with Crippen molar-refractivity contribution in [3.8, 4) is 5.75 Å². The van der Waals surface area contributed by atoms with Crippen molar-refractivity contribution in [1.29, 1.82) is 0 Å². The van der Waals surface area contributed by atoms with Gasteiger partial charge in [0, 0.05) is 19.1 Å². The van der Waals surface area contributed by atoms with E-state index in [9.17, 15) is 13.2 Å². The normalized spacial score (nSPS) is 17.6. The highest BCUT2D eigenvalue weighted by molar-refractivity contribution is 7.99. The van der Waals surface area contributed by atoms with Gasteiger partial charge in [-0.05, 0) is 37.8 Å². The van der Waals surface area contributed by atoms with Crippen LogP contribution in [-0.2, 0) is 27.8 Å². The van der Waals surface area contributed by atoms with E-state index in [2.05, 4.69) is 24.0 Å². The number of hydrogen-bond acceptors (Lipinski definition) is 7. The number of hydrogen-bond donors (Lipinski definition) is 0. The van der Waals surface area contributed by atoms with Crippen molar-refractivity contribution in [3.05, 3.63) is 36.2 Å². The Morgan fingerprint density at radius 1 is 1.28 bits per heavy atom. The van der Waals surface area contributed by atoms with Crippen molar-refractivity contribution >= 4 is 27.5 Å². The lowest BCUT2D eigenvalue weighted by molar-refractivity contribution is -0.129. The molecule has 1 amide bonds. The minimum absolute atomic E-state index is 0.0583. The number of para-hydroxylation sites is 1. The van der Waals surface area contributed by atoms with Crippen LogP contribution >= 0.6 is 11.8 Å². The summed E-state index contributed by atoms with van der Waals surface area (Å²) in [5.41, 5.74) is 0. The van der Waals surface area contributed by atoms with Crippen LogP contribution in [0.3, 0.4) is 0 Å². The molecule has 1 aliphatic rings. The number of nitrogens with zero attached hydrogens (tertiary/aromatic N) is 4. The summed E-state index contributed by atoms with van der Waals surface area (Å²) in [6.07, 6.45) is 1.47. The Kier molecular flexibility index (Phi) is 8.58. The maximum atomic E-state index is 12.9. The van der Waals surface area contributed by atoms with Crippen LogP contribution in [0, 0.1) is 5.92 Å². The van der Waals surface area contributed by atoms with Gasteiger partial charge in [0.25, 0.3) is 0 Å². The first-order chi connectivity index (χ1) is 15.3. The quantitative estimate of drug-likeness (QED) is 0.456. The van der Waals surface area contributed by atoms with Crippen LogP contribution in [0.5, 0.6) is 5.75 Å². The molecule has 1 atom stereocenters. The largest absolute Gasteiger partial charge is 0.486 e. The molecule has 8 nitrogen and oxygen atoms in total. The second-order valence-electron chi connectivity index (χ2n) is 8.36. The minimum atomic E-state index is -3.04. The van der Waals surface area contributed by atoms with Gasteiger partial charge >= 0.3 is 0 Å². The fourth-order valence-corrected chi connectivity index (χ4v) is 6.28. The average Bonchev–Trinajstić information content (AvgIpc) is 3.32. The molecule has 1 aromatic heterocycles. The number of benzene rings is 1. The fraction of sp³-hybridized carbons (Fsp3) is 0.591. The number of carbonyl (C=O) groups excluding carboxylic acids is 1. The third-order valence-corrected chi connectivity index (χ3v) is 8.17. The number of rotatable bonds is 11. The molecule has 0 N–H and O–H groups in total. The molecule has 1 saturated heterocycles. The topological polar surface area (TPSA) is 94.4 Å². The minimum Gasteiger partial charge on any atom is -0.486 e. The predicted octanol–water partition coefficient (Wildman–Crippen LogP) is 3.03. The van der Waals surface area contributed by atoms with Gasteiger partial charge in [-0.15, -0.1) is 10.2 Å². The molecule has 1 unspecified atom stereocenters. The fourth-order valence-electron chi connectivity index (χ4n) is 3.68. The second kappa shape index (κ2) is 11.2. The molecule has 176 valence electrons. The maximum absolute atomic E-state index is 12.9. The molecule has 0 spiro atoms. The number of thioether (sulfide) groups is 1. The van der Waals surface area contributed by atoms with Crippen LogP contribution in [0.15, 0.2) is 35.5 Å². The standard InChI is InChI=1S/C22H32N4O4S2/c1-4-25(18-11-13-32(28,29)16-18)21(27)15-31-22-24-23-20(26(22)12-10-17(2)3)14-30-19-8-6-5-7-9-19/h5-9,17-18H,4,10-16H2,1-3H3. The van der Waals surface area contributed by atoms with E-state index >= 15 is 0 Å². The van der Waals surface area contributed by atoms with Crippen LogP contribution in [0.1, 0.15) is 39.4 Å². The van der Waals surface area contributed by atoms with Gasteiger partial charge in [-0.2, -0.15) is 0 Å². The molecule has 0 saturated carbocycles. The van der Waals surface area contributed by atoms with E-state index in [0.717, 1.165) is 24.5 Å². The van der Waals surface area contributed by atoms with E-state index < -0.39 is 9.84 Å². The van der Waals surface area contributed by atoms with Gasteiger partial charge in [0.15, 0.2) is 20.8 Å². The first-order valence-electron chi connectivity index (χ1n) is 11.0. The number of amides is 1. The maximum Gasteiger partial charge on any atom is 0.233 e. The van der Waals surface area contributed by atoms with Crippen LogP contribution in [0.25, 0.3) is 0 Å². The first kappa shape index (κ1) is 24.6. The molecule has 2 heterocycles. The molecule has 0 aliphatic carbocycles. The van der Waals surface area contributed by atoms with Crippen molar-refractivity contribution in [2.24, 2.45) is 5.92 Å². The lowest BCUT2D eigenvalue weighted by atomic mass is 10.1. The third kappa shape index (κ3) is 6.71. The Hall–Kier alpha value is -2.07. The molecule has 3 rings (SSSR count). The number of carbonyl (C=O) groups is 1. The van der Waals surface area contributed by atoms with E-state index in [1.807, 2.05) is 41.8 Å². The Labute approximate surface area is 194 Å². The summed E-state index contributed by atoms with van der Waals surface area (Å²) in [5.74, 6) is 2.34. The number of sulfone groups is 1. The van der Waals surface area contributed by atoms with E-state index in [1.54, 1.807) is 4.90 Å². The lowest BCUT2D eigenvalue weighted by Crippen LogP contribution is -2.42. The summed E-state index contributed by atoms with van der Waals surface area (Å²) in [4.78, 5) is 14.6. The van der Waals surface area contributed by atoms with Gasteiger partial charge in [-0.1, -0.05) is 43.8 Å². The van der Waals surface area contributed by atoms with Crippen molar-refractivity contribution in [3.63, 3.8) is 0 Å². The smallest absolute Gasteiger partial charge is 0.233 e. The average molecular weight is 481 g/mol. The van der Waals surface area contributed by atoms with E-state index in [4.69, 9.17) is 4.74 Å². The van der Waals surface area contributed by atoms with Gasteiger partial charge in [0.2, 0.25) is 5.91 Å². The zero-order valence-electron chi connectivity index (χ0n) is 18.9. The van der Waals surface area contributed by atoms with Gasteiger partial charge < -0.3 is 14.2 Å². The van der Waals surface area contributed by atoms with Crippen LogP contribution < -0.4 is 4.74 Å². The van der Waals surface area contributed by atoms with E-state index in [-0.39, 0.29) is 29.2 Å². The van der Waals surface area contributed by atoms with Gasteiger partial charge in [0.05, 0.1) is 17.3 Å². The van der Waals surface area contributed by atoms with Crippen LogP contribution in [-0.4, -0.2) is 63.8 Å². The summed E-state index contributed by atoms with van der Waals surface area (Å²) in [6.45, 7) is 7.75. The predicted molar refractivity (Wildman–Crippen MR) is 125 cm³/mol. The zero-order valence-corrected chi connectivity index (χ0v) is 20.6. The molecule has 32 heavy (non-hydrogen) atoms. The van der Waals surface area contributed by atoms with E-state index in [1.165, 1.54) is 11.8 Å². The highest BCUT2D eigenvalue weighted by atomic mass is 32.2. The van der Waals surface area contributed by atoms with Gasteiger partial charge in [0.1, 0.15) is 12.4 Å². The first-order valence-corrected chi connectivity index (χ1v) is 13.8. The summed E-state index contributed by atoms with van der Waals surface area (Å²) in [6, 6.07) is 9.33. The summed E-state index contributed by atoms with van der Waals surface area (Å²) < 4.78 is 31.5. The van der Waals surface area contributed by atoms with Gasteiger partial charge in [-0.25, -0.2) is 8.42 Å². The second-order valence-corrected chi connectivity index (χ2v) is 11.5. The molecule has 0 bridgehead atoms. The molecule has 1 aromatic carbocycles. The van der Waals surface area contributed by atoms with Crippen molar-refractivity contribution < 1.29 is 17.9 Å². The Morgan fingerprint density at radius 3 is 2.66 bits per heavy atom. The SMILES string of the molecule is CCN(C(=O)CSc1nnc(COc2ccccc2)n1CCC(C)C)C1CCS(=O)(=O)C1. The van der Waals surface area contributed by atoms with Gasteiger partial charge in [-0.3, -0.25) is 4.79 Å². The monoisotopic (exact) mass is 480 g/mol.